The highest BCUT2D eigenvalue weighted by atomic mass is 35.5. The number of hydrazone groups is 1. The topological polar surface area (TPSA) is 89.3 Å². The molecule has 0 spiro atoms. The highest BCUT2D eigenvalue weighted by molar-refractivity contribution is 7.80. The van der Waals surface area contributed by atoms with E-state index in [1.54, 1.807) is 18.3 Å². The molecule has 0 atom stereocenters. The second-order valence-corrected chi connectivity index (χ2v) is 2.65. The van der Waals surface area contributed by atoms with Gasteiger partial charge in [0.25, 0.3) is 0 Å². The molecule has 1 rings (SSSR count). The molecule has 0 amide bonds. The number of rotatable bonds is 2. The minimum atomic E-state index is 0. The molecule has 0 saturated heterocycles. The maximum atomic E-state index is 5.59. The lowest BCUT2D eigenvalue weighted by atomic mass is 10.3. The van der Waals surface area contributed by atoms with Crippen LogP contribution in [0.25, 0.3) is 0 Å². The van der Waals surface area contributed by atoms with Crippen LogP contribution in [0, 0.1) is 0 Å². The molecule has 1 aromatic heterocycles. The molecular formula is C7H10ClN5S. The summed E-state index contributed by atoms with van der Waals surface area (Å²) in [6.07, 6.45) is 3.08. The fraction of sp³-hybridized carbons (Fsp3) is 0. The first-order valence-electron chi connectivity index (χ1n) is 3.49. The number of nitrogens with zero attached hydrogens (tertiary/aromatic N) is 2. The average molecular weight is 232 g/mol. The average Bonchev–Trinajstić information content (AvgIpc) is 2.08. The van der Waals surface area contributed by atoms with Crippen molar-refractivity contribution in [2.45, 2.75) is 0 Å². The molecule has 1 heterocycles. The van der Waals surface area contributed by atoms with E-state index in [2.05, 4.69) is 27.7 Å². The van der Waals surface area contributed by atoms with Gasteiger partial charge < -0.3 is 11.5 Å². The molecule has 7 heteroatoms. The molecule has 0 saturated carbocycles. The van der Waals surface area contributed by atoms with Gasteiger partial charge in [-0.1, -0.05) is 0 Å². The number of hydrogen-bond acceptors (Lipinski definition) is 4. The number of aromatic nitrogens is 1. The lowest BCUT2D eigenvalue weighted by Crippen LogP contribution is -2.24. The molecular weight excluding hydrogens is 222 g/mol. The number of pyridine rings is 1. The number of anilines is 1. The molecule has 0 fully saturated rings. The summed E-state index contributed by atoms with van der Waals surface area (Å²) < 4.78 is 0. The highest BCUT2D eigenvalue weighted by Crippen LogP contribution is 2.02. The van der Waals surface area contributed by atoms with Crippen LogP contribution in [0.4, 0.5) is 5.69 Å². The summed E-state index contributed by atoms with van der Waals surface area (Å²) >= 11 is 4.55. The normalized spacial score (nSPS) is 9.43. The van der Waals surface area contributed by atoms with Gasteiger partial charge in [0.1, 0.15) is 5.69 Å². The van der Waals surface area contributed by atoms with Crippen molar-refractivity contribution in [1.29, 1.82) is 0 Å². The fourth-order valence-corrected chi connectivity index (χ4v) is 0.748. The third-order valence-corrected chi connectivity index (χ3v) is 1.32. The third-order valence-electron chi connectivity index (χ3n) is 1.23. The van der Waals surface area contributed by atoms with Crippen LogP contribution in [0.3, 0.4) is 0 Å². The molecule has 0 radical (unpaired) electrons. The quantitative estimate of drug-likeness (QED) is 0.386. The number of nitrogen functional groups attached to an aromatic ring is 1. The molecule has 0 unspecified atom stereocenters. The standard InChI is InChI=1S/C7H9N5S.ClH/c8-5-2-1-3-10-6(5)4-11-12-7(9)13;/h1-4H,8H2,(H3,9,12,13);1H. The van der Waals surface area contributed by atoms with Gasteiger partial charge in [-0.25, -0.2) is 0 Å². The molecule has 0 aromatic carbocycles. The monoisotopic (exact) mass is 231 g/mol. The van der Waals surface area contributed by atoms with Crippen LogP contribution in [0.2, 0.25) is 0 Å². The Hall–Kier alpha value is -1.40. The maximum absolute atomic E-state index is 5.59. The molecule has 0 aliphatic heterocycles. The summed E-state index contributed by atoms with van der Waals surface area (Å²) in [4.78, 5) is 3.98. The molecule has 14 heavy (non-hydrogen) atoms. The largest absolute Gasteiger partial charge is 0.397 e. The predicted molar refractivity (Wildman–Crippen MR) is 63.4 cm³/mol. The fourth-order valence-electron chi connectivity index (χ4n) is 0.695. The highest BCUT2D eigenvalue weighted by Gasteiger charge is 1.93. The van der Waals surface area contributed by atoms with E-state index in [-0.39, 0.29) is 17.5 Å². The van der Waals surface area contributed by atoms with Crippen LogP contribution >= 0.6 is 24.6 Å². The Balaban J connectivity index is 0.00000169. The lowest BCUT2D eigenvalue weighted by Gasteiger charge is -1.97. The van der Waals surface area contributed by atoms with Crippen LogP contribution < -0.4 is 16.9 Å². The number of thiocarbonyl (C=S) groups is 1. The Bertz CT molecular complexity index is 341. The smallest absolute Gasteiger partial charge is 0.184 e. The lowest BCUT2D eigenvalue weighted by molar-refractivity contribution is 1.04. The van der Waals surface area contributed by atoms with Crippen LogP contribution in [0.5, 0.6) is 0 Å². The van der Waals surface area contributed by atoms with Crippen molar-refractivity contribution in [3.05, 3.63) is 24.0 Å². The Labute approximate surface area is 93.0 Å². The minimum absolute atomic E-state index is 0. The van der Waals surface area contributed by atoms with E-state index in [9.17, 15) is 0 Å². The first-order valence-corrected chi connectivity index (χ1v) is 3.90. The first kappa shape index (κ1) is 12.6. The SMILES string of the molecule is Cl.NC(=S)NN=Cc1ncccc1N. The van der Waals surface area contributed by atoms with Crippen LogP contribution in [0.15, 0.2) is 23.4 Å². The van der Waals surface area contributed by atoms with E-state index >= 15 is 0 Å². The van der Waals surface area contributed by atoms with Crippen LogP contribution in [0.1, 0.15) is 5.69 Å². The second kappa shape index (κ2) is 6.11. The van der Waals surface area contributed by atoms with E-state index in [0.29, 0.717) is 11.4 Å². The Morgan fingerprint density at radius 1 is 1.64 bits per heavy atom. The van der Waals surface area contributed by atoms with Crippen molar-refractivity contribution in [2.75, 3.05) is 5.73 Å². The van der Waals surface area contributed by atoms with Gasteiger partial charge in [0.2, 0.25) is 0 Å². The summed E-state index contributed by atoms with van der Waals surface area (Å²) in [5, 5.41) is 3.82. The molecule has 0 aliphatic rings. The Kier molecular flexibility index (Phi) is 5.50. The molecule has 0 aliphatic carbocycles. The molecule has 5 nitrogen and oxygen atoms in total. The van der Waals surface area contributed by atoms with E-state index in [1.165, 1.54) is 6.21 Å². The second-order valence-electron chi connectivity index (χ2n) is 2.21. The summed E-state index contributed by atoms with van der Waals surface area (Å²) in [6.45, 7) is 0. The van der Waals surface area contributed by atoms with E-state index in [4.69, 9.17) is 11.5 Å². The van der Waals surface area contributed by atoms with Gasteiger partial charge in [-0.3, -0.25) is 10.4 Å². The van der Waals surface area contributed by atoms with E-state index in [0.717, 1.165) is 0 Å². The van der Waals surface area contributed by atoms with Crippen molar-refractivity contribution in [1.82, 2.24) is 10.4 Å². The van der Waals surface area contributed by atoms with Crippen LogP contribution in [-0.4, -0.2) is 16.3 Å². The van der Waals surface area contributed by atoms with Crippen LogP contribution in [-0.2, 0) is 0 Å². The summed E-state index contributed by atoms with van der Waals surface area (Å²) in [6, 6.07) is 3.47. The number of halogens is 1. The number of hydrogen-bond donors (Lipinski definition) is 3. The Morgan fingerprint density at radius 2 is 2.36 bits per heavy atom. The zero-order valence-corrected chi connectivity index (χ0v) is 8.81. The molecule has 5 N–H and O–H groups in total. The van der Waals surface area contributed by atoms with Gasteiger partial charge in [0.15, 0.2) is 5.11 Å². The Morgan fingerprint density at radius 3 is 2.93 bits per heavy atom. The maximum Gasteiger partial charge on any atom is 0.184 e. The first-order chi connectivity index (χ1) is 6.20. The summed E-state index contributed by atoms with van der Waals surface area (Å²) in [5.41, 5.74) is 14.3. The van der Waals surface area contributed by atoms with Crippen molar-refractivity contribution in [3.8, 4) is 0 Å². The zero-order chi connectivity index (χ0) is 9.68. The predicted octanol–water partition coefficient (Wildman–Crippen LogP) is 0.253. The van der Waals surface area contributed by atoms with Crippen molar-refractivity contribution in [2.24, 2.45) is 10.8 Å². The minimum Gasteiger partial charge on any atom is -0.397 e. The molecule has 76 valence electrons. The number of nitrogens with one attached hydrogen (secondary N) is 1. The van der Waals surface area contributed by atoms with Crippen molar-refractivity contribution in [3.63, 3.8) is 0 Å². The van der Waals surface area contributed by atoms with E-state index in [1.807, 2.05) is 0 Å². The van der Waals surface area contributed by atoms with Gasteiger partial charge in [0, 0.05) is 6.20 Å². The molecule has 1 aromatic rings. The molecule has 0 bridgehead atoms. The van der Waals surface area contributed by atoms with Gasteiger partial charge in [-0.2, -0.15) is 5.10 Å². The number of nitrogens with two attached hydrogens (primary N) is 2. The van der Waals surface area contributed by atoms with Crippen molar-refractivity contribution >= 4 is 41.6 Å². The van der Waals surface area contributed by atoms with Gasteiger partial charge in [0.05, 0.1) is 11.9 Å². The third kappa shape index (κ3) is 4.01. The summed E-state index contributed by atoms with van der Waals surface area (Å²) in [5.74, 6) is 0. The van der Waals surface area contributed by atoms with Crippen molar-refractivity contribution < 1.29 is 0 Å². The van der Waals surface area contributed by atoms with Gasteiger partial charge in [-0.15, -0.1) is 12.4 Å². The van der Waals surface area contributed by atoms with Gasteiger partial charge >= 0.3 is 0 Å². The van der Waals surface area contributed by atoms with E-state index < -0.39 is 0 Å². The zero-order valence-electron chi connectivity index (χ0n) is 7.18. The summed E-state index contributed by atoms with van der Waals surface area (Å²) in [7, 11) is 0. The van der Waals surface area contributed by atoms with Gasteiger partial charge in [-0.05, 0) is 24.4 Å².